The minimum atomic E-state index is -1.53. The largest absolute Gasteiger partial charge is 0.481 e. The van der Waals surface area contributed by atoms with Gasteiger partial charge in [-0.05, 0) is 32.1 Å². The summed E-state index contributed by atoms with van der Waals surface area (Å²) < 4.78 is 0. The molecule has 0 radical (unpaired) electrons. The molecule has 0 aromatic rings. The number of nitrogens with zero attached hydrogens (tertiary/aromatic N) is 1. The number of hydrogen-bond acceptors (Lipinski definition) is 9. The summed E-state index contributed by atoms with van der Waals surface area (Å²) in [6.07, 6.45) is -1.82. The molecule has 0 aromatic heterocycles. The van der Waals surface area contributed by atoms with Crippen LogP contribution >= 0.6 is 0 Å². The van der Waals surface area contributed by atoms with Gasteiger partial charge in [0, 0.05) is 25.8 Å². The first kappa shape index (κ1) is 34.5. The predicted octanol–water partition coefficient (Wildman–Crippen LogP) is -4.70. The lowest BCUT2D eigenvalue weighted by atomic mass is 10.0. The molecule has 220 valence electrons. The second-order valence-electron chi connectivity index (χ2n) is 8.52. The van der Waals surface area contributed by atoms with Crippen molar-refractivity contribution in [3.05, 3.63) is 0 Å². The van der Waals surface area contributed by atoms with Gasteiger partial charge in [-0.1, -0.05) is 0 Å². The molecule has 0 heterocycles. The first-order valence-electron chi connectivity index (χ1n) is 11.9. The highest BCUT2D eigenvalue weighted by Crippen LogP contribution is 2.06. The maximum atomic E-state index is 13.1. The van der Waals surface area contributed by atoms with Crippen molar-refractivity contribution in [2.45, 2.75) is 75.5 Å². The van der Waals surface area contributed by atoms with E-state index >= 15 is 0 Å². The number of guanidine groups is 1. The molecule has 5 amide bonds. The quantitative estimate of drug-likeness (QED) is 0.0382. The first-order valence-corrected chi connectivity index (χ1v) is 11.9. The minimum Gasteiger partial charge on any atom is -0.481 e. The summed E-state index contributed by atoms with van der Waals surface area (Å²) in [5.74, 6) is -7.19. The molecule has 0 spiro atoms. The van der Waals surface area contributed by atoms with Crippen LogP contribution in [0.1, 0.15) is 51.4 Å². The molecule has 39 heavy (non-hydrogen) atoms. The van der Waals surface area contributed by atoms with Crippen molar-refractivity contribution in [3.63, 3.8) is 0 Å². The van der Waals surface area contributed by atoms with Crippen LogP contribution in [0.15, 0.2) is 4.99 Å². The van der Waals surface area contributed by atoms with E-state index in [1.165, 1.54) is 0 Å². The van der Waals surface area contributed by atoms with Crippen molar-refractivity contribution < 1.29 is 43.8 Å². The molecule has 0 aliphatic carbocycles. The first-order chi connectivity index (χ1) is 18.1. The summed E-state index contributed by atoms with van der Waals surface area (Å²) >= 11 is 0. The normalized spacial score (nSPS) is 13.6. The minimum absolute atomic E-state index is 0.0411. The van der Waals surface area contributed by atoms with Crippen LogP contribution in [-0.2, 0) is 33.6 Å². The third-order valence-electron chi connectivity index (χ3n) is 5.19. The zero-order chi connectivity index (χ0) is 30.1. The monoisotopic (exact) mass is 559 g/mol. The highest BCUT2D eigenvalue weighted by Gasteiger charge is 2.30. The summed E-state index contributed by atoms with van der Waals surface area (Å²) in [6, 6.07) is -5.54. The average Bonchev–Trinajstić information content (AvgIpc) is 2.83. The topological polar surface area (TPSA) is 339 Å². The Hall–Kier alpha value is -4.48. The zero-order valence-corrected chi connectivity index (χ0v) is 21.3. The second-order valence-corrected chi connectivity index (χ2v) is 8.52. The molecule has 4 unspecified atom stereocenters. The fraction of sp³-hybridized carbons (Fsp3) is 0.619. The van der Waals surface area contributed by atoms with E-state index in [-0.39, 0.29) is 57.5 Å². The maximum absolute atomic E-state index is 13.1. The molecular weight excluding hydrogens is 522 g/mol. The molecule has 0 saturated heterocycles. The van der Waals surface area contributed by atoms with E-state index in [2.05, 4.69) is 20.9 Å². The van der Waals surface area contributed by atoms with E-state index in [9.17, 15) is 38.7 Å². The number of aliphatic carboxylic acids is 2. The molecule has 0 aliphatic rings. The third kappa shape index (κ3) is 16.1. The van der Waals surface area contributed by atoms with Crippen LogP contribution in [-0.4, -0.2) is 88.4 Å². The van der Waals surface area contributed by atoms with E-state index in [1.54, 1.807) is 0 Å². The van der Waals surface area contributed by atoms with Crippen LogP contribution < -0.4 is 44.6 Å². The van der Waals surface area contributed by atoms with Crippen molar-refractivity contribution in [1.29, 1.82) is 0 Å². The third-order valence-corrected chi connectivity index (χ3v) is 5.19. The molecule has 4 atom stereocenters. The van der Waals surface area contributed by atoms with Crippen LogP contribution in [0.4, 0.5) is 0 Å². The number of carbonyl (C=O) groups excluding carboxylic acids is 5. The Labute approximate surface area is 223 Å². The van der Waals surface area contributed by atoms with E-state index in [4.69, 9.17) is 33.8 Å². The second kappa shape index (κ2) is 17.9. The average molecular weight is 560 g/mol. The Morgan fingerprint density at radius 3 is 1.56 bits per heavy atom. The van der Waals surface area contributed by atoms with Crippen LogP contribution in [0.25, 0.3) is 0 Å². The lowest BCUT2D eigenvalue weighted by Gasteiger charge is -2.25. The number of aliphatic imine (C=N–C) groups is 1. The lowest BCUT2D eigenvalue weighted by Crippen LogP contribution is -2.57. The summed E-state index contributed by atoms with van der Waals surface area (Å²) in [5, 5.41) is 25.0. The molecule has 0 fully saturated rings. The highest BCUT2D eigenvalue weighted by atomic mass is 16.4. The lowest BCUT2D eigenvalue weighted by molar-refractivity contribution is -0.143. The number of carboxylic acids is 2. The van der Waals surface area contributed by atoms with Gasteiger partial charge in [0.2, 0.25) is 29.5 Å². The van der Waals surface area contributed by atoms with Crippen LogP contribution in [0.2, 0.25) is 0 Å². The zero-order valence-electron chi connectivity index (χ0n) is 21.3. The Kier molecular flexibility index (Phi) is 15.8. The smallest absolute Gasteiger partial charge is 0.326 e. The number of hydrogen-bond donors (Lipinski definition) is 10. The van der Waals surface area contributed by atoms with Gasteiger partial charge < -0.3 is 54.8 Å². The molecule has 0 aromatic carbocycles. The van der Waals surface area contributed by atoms with Crippen molar-refractivity contribution in [3.8, 4) is 0 Å². The number of nitrogens with two attached hydrogens (primary N) is 5. The molecule has 0 rings (SSSR count). The van der Waals surface area contributed by atoms with Gasteiger partial charge in [-0.15, -0.1) is 0 Å². The van der Waals surface area contributed by atoms with Gasteiger partial charge in [-0.25, -0.2) is 4.79 Å². The number of amides is 5. The molecule has 18 nitrogen and oxygen atoms in total. The Bertz CT molecular complexity index is 938. The molecular formula is C21H37N9O9. The van der Waals surface area contributed by atoms with Crippen molar-refractivity contribution in [2.75, 3.05) is 6.54 Å². The number of nitrogens with one attached hydrogen (secondary N) is 3. The van der Waals surface area contributed by atoms with E-state index in [1.807, 2.05) is 0 Å². The van der Waals surface area contributed by atoms with E-state index < -0.39 is 72.1 Å². The van der Waals surface area contributed by atoms with E-state index in [0.717, 1.165) is 0 Å². The fourth-order valence-electron chi connectivity index (χ4n) is 3.11. The molecule has 0 bridgehead atoms. The van der Waals surface area contributed by atoms with Gasteiger partial charge in [0.25, 0.3) is 0 Å². The Morgan fingerprint density at radius 1 is 0.641 bits per heavy atom. The molecule has 0 saturated carbocycles. The SMILES string of the molecule is NC(=O)CCC(NC(=O)C(CCC(N)=O)NC(=O)C(CCCN=C(N)N)NC(=O)C(N)CCC(=O)O)C(=O)O. The van der Waals surface area contributed by atoms with Gasteiger partial charge in [-0.2, -0.15) is 0 Å². The number of primary amides is 2. The predicted molar refractivity (Wildman–Crippen MR) is 135 cm³/mol. The van der Waals surface area contributed by atoms with E-state index in [0.29, 0.717) is 0 Å². The molecule has 18 heteroatoms. The van der Waals surface area contributed by atoms with Gasteiger partial charge in [0.1, 0.15) is 18.1 Å². The Balaban J connectivity index is 5.71. The van der Waals surface area contributed by atoms with Crippen molar-refractivity contribution in [2.24, 2.45) is 33.7 Å². The van der Waals surface area contributed by atoms with Crippen LogP contribution in [0.5, 0.6) is 0 Å². The summed E-state index contributed by atoms with van der Waals surface area (Å²) in [4.78, 5) is 86.7. The molecule has 15 N–H and O–H groups in total. The maximum Gasteiger partial charge on any atom is 0.326 e. The standard InChI is InChI=1S/C21H37N9O9/c22-10(3-8-16(33)34)17(35)28-11(2-1-9-27-21(25)26)18(36)29-12(4-6-14(23)31)19(37)30-13(20(38)39)5-7-15(24)32/h10-13H,1-9,22H2,(H2,23,31)(H2,24,32)(H,28,35)(H,29,36)(H,30,37)(H,33,34)(H,38,39)(H4,25,26,27). The van der Waals surface area contributed by atoms with Crippen LogP contribution in [0.3, 0.4) is 0 Å². The molecule has 0 aliphatic heterocycles. The van der Waals surface area contributed by atoms with Crippen molar-refractivity contribution in [1.82, 2.24) is 16.0 Å². The summed E-state index contributed by atoms with van der Waals surface area (Å²) in [6.45, 7) is 0.0821. The number of carboxylic acid groups (broad SMARTS) is 2. The van der Waals surface area contributed by atoms with Gasteiger partial charge in [0.15, 0.2) is 5.96 Å². The van der Waals surface area contributed by atoms with Crippen LogP contribution in [0, 0.1) is 0 Å². The summed E-state index contributed by atoms with van der Waals surface area (Å²) in [5.41, 5.74) is 26.4. The van der Waals surface area contributed by atoms with Gasteiger partial charge in [0.05, 0.1) is 6.04 Å². The van der Waals surface area contributed by atoms with Gasteiger partial charge in [-0.3, -0.25) is 33.8 Å². The van der Waals surface area contributed by atoms with Gasteiger partial charge >= 0.3 is 11.9 Å². The Morgan fingerprint density at radius 2 is 1.10 bits per heavy atom. The fourth-order valence-corrected chi connectivity index (χ4v) is 3.11. The van der Waals surface area contributed by atoms with Crippen molar-refractivity contribution >= 4 is 47.4 Å². The summed E-state index contributed by atoms with van der Waals surface area (Å²) in [7, 11) is 0. The highest BCUT2D eigenvalue weighted by molar-refractivity contribution is 5.94. The number of carbonyl (C=O) groups is 7. The number of rotatable bonds is 20.